The highest BCUT2D eigenvalue weighted by Gasteiger charge is 2.20. The third kappa shape index (κ3) is 5.75. The van der Waals surface area contributed by atoms with E-state index in [0.717, 1.165) is 17.8 Å². The smallest absolute Gasteiger partial charge is 0.407 e. The molecule has 1 aromatic heterocycles. The maximum Gasteiger partial charge on any atom is 0.407 e. The van der Waals surface area contributed by atoms with Crippen LogP contribution < -0.4 is 10.1 Å². The summed E-state index contributed by atoms with van der Waals surface area (Å²) in [5.41, 5.74) is 1.57. The number of anilines is 1. The third-order valence-corrected chi connectivity index (χ3v) is 5.82. The van der Waals surface area contributed by atoms with Crippen molar-refractivity contribution in [2.24, 2.45) is 7.05 Å². The van der Waals surface area contributed by atoms with Gasteiger partial charge in [0.05, 0.1) is 11.3 Å². The molecule has 1 saturated heterocycles. The Morgan fingerprint density at radius 3 is 2.51 bits per heavy atom. The van der Waals surface area contributed by atoms with E-state index in [-0.39, 0.29) is 5.56 Å². The number of carbonyl (C=O) groups is 2. The van der Waals surface area contributed by atoms with Gasteiger partial charge >= 0.3 is 6.09 Å². The molecule has 2 aromatic carbocycles. The highest BCUT2D eigenvalue weighted by Crippen LogP contribution is 2.32. The molecular weight excluding hydrogens is 460 g/mol. The summed E-state index contributed by atoms with van der Waals surface area (Å²) in [5.74, 6) is -1.84. The van der Waals surface area contributed by atoms with Gasteiger partial charge in [-0.15, -0.1) is 0 Å². The second kappa shape index (κ2) is 10.5. The fraction of sp³-hybridized carbons (Fsp3) is 0.292. The first kappa shape index (κ1) is 24.1. The van der Waals surface area contributed by atoms with E-state index in [1.165, 1.54) is 4.90 Å². The van der Waals surface area contributed by atoms with Gasteiger partial charge in [-0.3, -0.25) is 14.4 Å². The van der Waals surface area contributed by atoms with E-state index in [0.29, 0.717) is 62.4 Å². The van der Waals surface area contributed by atoms with Gasteiger partial charge < -0.3 is 20.1 Å². The van der Waals surface area contributed by atoms with Crippen molar-refractivity contribution in [3.05, 3.63) is 65.9 Å². The number of piperazine rings is 1. The Hall–Kier alpha value is -3.99. The molecule has 2 amide bonds. The van der Waals surface area contributed by atoms with Crippen molar-refractivity contribution in [1.29, 1.82) is 0 Å². The number of hydrogen-bond acceptors (Lipinski definition) is 5. The van der Waals surface area contributed by atoms with E-state index in [4.69, 9.17) is 9.84 Å². The van der Waals surface area contributed by atoms with Crippen molar-refractivity contribution >= 4 is 17.7 Å². The predicted molar refractivity (Wildman–Crippen MR) is 124 cm³/mol. The molecule has 0 aliphatic carbocycles. The number of carboxylic acid groups (broad SMARTS) is 1. The van der Waals surface area contributed by atoms with Crippen LogP contribution in [-0.2, 0) is 7.05 Å². The average Bonchev–Trinajstić information content (AvgIpc) is 3.25. The number of rotatable bonds is 7. The average molecular weight is 485 g/mol. The topological polar surface area (TPSA) is 99.9 Å². The largest absolute Gasteiger partial charge is 0.492 e. The van der Waals surface area contributed by atoms with Crippen molar-refractivity contribution in [3.8, 4) is 17.0 Å². The molecule has 1 aliphatic rings. The summed E-state index contributed by atoms with van der Waals surface area (Å²) in [4.78, 5) is 27.1. The van der Waals surface area contributed by atoms with E-state index in [1.807, 2.05) is 0 Å². The monoisotopic (exact) mass is 485 g/mol. The van der Waals surface area contributed by atoms with E-state index >= 15 is 0 Å². The van der Waals surface area contributed by atoms with Crippen molar-refractivity contribution < 1.29 is 28.2 Å². The zero-order chi connectivity index (χ0) is 24.9. The molecule has 35 heavy (non-hydrogen) atoms. The molecule has 0 unspecified atom stereocenters. The van der Waals surface area contributed by atoms with Crippen LogP contribution in [0.2, 0.25) is 0 Å². The first-order valence-corrected chi connectivity index (χ1v) is 11.0. The summed E-state index contributed by atoms with van der Waals surface area (Å²) in [5, 5.41) is 15.9. The van der Waals surface area contributed by atoms with Gasteiger partial charge in [0.2, 0.25) is 0 Å². The Kier molecular flexibility index (Phi) is 7.25. The number of aryl methyl sites for hydroxylation is 1. The van der Waals surface area contributed by atoms with Crippen molar-refractivity contribution in [2.75, 3.05) is 44.6 Å². The number of benzene rings is 2. The van der Waals surface area contributed by atoms with Crippen LogP contribution in [0.15, 0.2) is 48.7 Å². The lowest BCUT2D eigenvalue weighted by molar-refractivity contribution is 0.0983. The molecule has 0 bridgehead atoms. The summed E-state index contributed by atoms with van der Waals surface area (Å²) in [7, 11) is 1.78. The number of carbonyl (C=O) groups excluding carboxylic acids is 1. The van der Waals surface area contributed by atoms with Crippen molar-refractivity contribution in [3.63, 3.8) is 0 Å². The van der Waals surface area contributed by atoms with Crippen LogP contribution in [0.1, 0.15) is 10.4 Å². The van der Waals surface area contributed by atoms with Gasteiger partial charge in [0.1, 0.15) is 24.0 Å². The fourth-order valence-electron chi connectivity index (χ4n) is 3.89. The first-order valence-electron chi connectivity index (χ1n) is 11.0. The number of halogens is 2. The van der Waals surface area contributed by atoms with Gasteiger partial charge in [-0.2, -0.15) is 5.10 Å². The third-order valence-electron chi connectivity index (χ3n) is 5.82. The molecule has 3 aromatic rings. The van der Waals surface area contributed by atoms with E-state index < -0.39 is 23.6 Å². The van der Waals surface area contributed by atoms with Crippen LogP contribution >= 0.6 is 0 Å². The lowest BCUT2D eigenvalue weighted by Gasteiger charge is -2.32. The number of nitrogens with zero attached hydrogens (tertiary/aromatic N) is 4. The minimum absolute atomic E-state index is 0.267. The van der Waals surface area contributed by atoms with Gasteiger partial charge in [0, 0.05) is 63.3 Å². The molecule has 11 heteroatoms. The van der Waals surface area contributed by atoms with Gasteiger partial charge in [-0.25, -0.2) is 13.6 Å². The number of nitrogens with one attached hydrogen (secondary N) is 1. The second-order valence-corrected chi connectivity index (χ2v) is 8.09. The van der Waals surface area contributed by atoms with Crippen LogP contribution in [0.3, 0.4) is 0 Å². The lowest BCUT2D eigenvalue weighted by atomic mass is 10.1. The maximum atomic E-state index is 14.0. The van der Waals surface area contributed by atoms with Crippen molar-refractivity contribution in [1.82, 2.24) is 19.6 Å². The second-order valence-electron chi connectivity index (χ2n) is 8.09. The quantitative estimate of drug-likeness (QED) is 0.533. The Morgan fingerprint density at radius 1 is 1.09 bits per heavy atom. The summed E-state index contributed by atoms with van der Waals surface area (Å²) in [6.45, 7) is 3.19. The molecule has 2 N–H and O–H groups in total. The Balaban J connectivity index is 1.46. The molecule has 0 radical (unpaired) electrons. The summed E-state index contributed by atoms with van der Waals surface area (Å²) in [6, 6.07) is 9.64. The van der Waals surface area contributed by atoms with Gasteiger partial charge in [-0.05, 0) is 36.4 Å². The summed E-state index contributed by atoms with van der Waals surface area (Å²) < 4.78 is 34.9. The zero-order valence-electron chi connectivity index (χ0n) is 19.1. The Labute approximate surface area is 200 Å². The molecule has 0 atom stereocenters. The fourth-order valence-corrected chi connectivity index (χ4v) is 3.89. The van der Waals surface area contributed by atoms with Crippen LogP contribution in [-0.4, -0.2) is 76.0 Å². The Bertz CT molecular complexity index is 1220. The normalized spacial score (nSPS) is 14.1. The molecule has 0 spiro atoms. The van der Waals surface area contributed by atoms with Crippen LogP contribution in [0.25, 0.3) is 11.3 Å². The molecule has 1 aliphatic heterocycles. The van der Waals surface area contributed by atoms with Crippen LogP contribution in [0.4, 0.5) is 19.3 Å². The standard InChI is InChI=1S/C24H25F2N5O4/c1-29-21(6-7-27-29)19-15-17(28-23(32)18-4-2-16(25)14-20(18)26)3-5-22(19)35-13-12-30-8-10-31(11-9-30)24(33)34/h2-7,14-15H,8-13H2,1H3,(H,28,32)(H,33,34). The highest BCUT2D eigenvalue weighted by molar-refractivity contribution is 6.04. The van der Waals surface area contributed by atoms with Gasteiger partial charge in [0.15, 0.2) is 0 Å². The van der Waals surface area contributed by atoms with E-state index in [9.17, 15) is 18.4 Å². The molecule has 4 rings (SSSR count). The zero-order valence-corrected chi connectivity index (χ0v) is 19.1. The molecule has 9 nitrogen and oxygen atoms in total. The number of ether oxygens (including phenoxy) is 1. The molecule has 184 valence electrons. The van der Waals surface area contributed by atoms with Crippen molar-refractivity contribution in [2.45, 2.75) is 0 Å². The van der Waals surface area contributed by atoms with E-state index in [1.54, 1.807) is 42.2 Å². The minimum atomic E-state index is -0.946. The lowest BCUT2D eigenvalue weighted by Crippen LogP contribution is -2.49. The number of aromatic nitrogens is 2. The first-order chi connectivity index (χ1) is 16.8. The molecular formula is C24H25F2N5O4. The molecule has 2 heterocycles. The van der Waals surface area contributed by atoms with Crippen LogP contribution in [0, 0.1) is 11.6 Å². The Morgan fingerprint density at radius 2 is 1.86 bits per heavy atom. The maximum absolute atomic E-state index is 14.0. The van der Waals surface area contributed by atoms with Gasteiger partial charge in [0.25, 0.3) is 5.91 Å². The molecule has 0 saturated carbocycles. The number of amides is 2. The van der Waals surface area contributed by atoms with Crippen LogP contribution in [0.5, 0.6) is 5.75 Å². The number of hydrogen-bond donors (Lipinski definition) is 2. The summed E-state index contributed by atoms with van der Waals surface area (Å²) in [6.07, 6.45) is 0.733. The predicted octanol–water partition coefficient (Wildman–Crippen LogP) is 3.29. The SMILES string of the molecule is Cn1nccc1-c1cc(NC(=O)c2ccc(F)cc2F)ccc1OCCN1CCN(C(=O)O)CC1. The van der Waals surface area contributed by atoms with Gasteiger partial charge in [-0.1, -0.05) is 0 Å². The summed E-state index contributed by atoms with van der Waals surface area (Å²) >= 11 is 0. The van der Waals surface area contributed by atoms with E-state index in [2.05, 4.69) is 15.3 Å². The molecule has 1 fully saturated rings. The minimum Gasteiger partial charge on any atom is -0.492 e. The highest BCUT2D eigenvalue weighted by atomic mass is 19.1.